The van der Waals surface area contributed by atoms with Crippen LogP contribution in [0.1, 0.15) is 127 Å². The zero-order valence-electron chi connectivity index (χ0n) is 23.0. The van der Waals surface area contributed by atoms with Crippen LogP contribution < -0.4 is 0 Å². The second-order valence-electron chi connectivity index (χ2n) is 12.6. The van der Waals surface area contributed by atoms with E-state index < -0.39 is 0 Å². The van der Waals surface area contributed by atoms with Crippen LogP contribution in [0.4, 0.5) is 4.39 Å². The fourth-order valence-electron chi connectivity index (χ4n) is 7.87. The van der Waals surface area contributed by atoms with Gasteiger partial charge in [-0.1, -0.05) is 57.4 Å². The first-order valence-electron chi connectivity index (χ1n) is 15.5. The van der Waals surface area contributed by atoms with Crippen LogP contribution in [0.2, 0.25) is 0 Å². The standard InChI is InChI=1S/C34H49FS/c1-3-5-24-7-9-25(10-8-24)11-12-26-13-15-27(16-14-26)28-17-19-29(20-18-28)32-23-31-22-21-30(6-4-2)33(35)34(31)36-32/h11-12,21-29H,3-10,13-20H2,1-2H3/b12-11+. The summed E-state index contributed by atoms with van der Waals surface area (Å²) in [6.07, 6.45) is 26.8. The molecular formula is C34H49FS. The molecule has 3 aliphatic rings. The predicted octanol–water partition coefficient (Wildman–Crippen LogP) is 11.2. The lowest BCUT2D eigenvalue weighted by atomic mass is 9.69. The Balaban J connectivity index is 1.07. The molecule has 3 saturated carbocycles. The number of benzene rings is 1. The van der Waals surface area contributed by atoms with Gasteiger partial charge in [0.15, 0.2) is 0 Å². The van der Waals surface area contributed by atoms with E-state index in [1.807, 2.05) is 6.07 Å². The zero-order chi connectivity index (χ0) is 24.9. The second kappa shape index (κ2) is 12.6. The van der Waals surface area contributed by atoms with Gasteiger partial charge in [0, 0.05) is 4.88 Å². The monoisotopic (exact) mass is 508 g/mol. The normalized spacial score (nSPS) is 31.9. The van der Waals surface area contributed by atoms with Gasteiger partial charge in [-0.15, -0.1) is 11.3 Å². The number of hydrogen-bond acceptors (Lipinski definition) is 1. The number of rotatable bonds is 8. The van der Waals surface area contributed by atoms with Gasteiger partial charge < -0.3 is 0 Å². The van der Waals surface area contributed by atoms with Gasteiger partial charge in [0.1, 0.15) is 5.82 Å². The molecule has 0 atom stereocenters. The summed E-state index contributed by atoms with van der Waals surface area (Å²) >= 11 is 1.74. The third-order valence-corrected chi connectivity index (χ3v) is 11.5. The molecule has 1 aromatic carbocycles. The number of allylic oxidation sites excluding steroid dienone is 2. The Morgan fingerprint density at radius 3 is 2.00 bits per heavy atom. The summed E-state index contributed by atoms with van der Waals surface area (Å²) in [5, 5.41) is 1.12. The third-order valence-electron chi connectivity index (χ3n) is 10.1. The Hall–Kier alpha value is -1.15. The number of thiophene rings is 1. The molecule has 0 aliphatic heterocycles. The van der Waals surface area contributed by atoms with Crippen molar-refractivity contribution in [2.24, 2.45) is 29.6 Å². The van der Waals surface area contributed by atoms with Crippen LogP contribution in [0.25, 0.3) is 10.1 Å². The quantitative estimate of drug-likeness (QED) is 0.311. The lowest BCUT2D eigenvalue weighted by Crippen LogP contribution is -2.25. The van der Waals surface area contributed by atoms with Crippen molar-refractivity contribution < 1.29 is 4.39 Å². The molecule has 0 nitrogen and oxygen atoms in total. The van der Waals surface area contributed by atoms with E-state index in [4.69, 9.17) is 0 Å². The maximum atomic E-state index is 15.0. The topological polar surface area (TPSA) is 0 Å². The number of fused-ring (bicyclic) bond motifs is 1. The van der Waals surface area contributed by atoms with Crippen LogP contribution in [0.3, 0.4) is 0 Å². The van der Waals surface area contributed by atoms with E-state index in [1.54, 1.807) is 11.3 Å². The van der Waals surface area contributed by atoms with Crippen molar-refractivity contribution >= 4 is 21.4 Å². The largest absolute Gasteiger partial charge is 0.205 e. The van der Waals surface area contributed by atoms with Crippen LogP contribution in [-0.4, -0.2) is 0 Å². The summed E-state index contributed by atoms with van der Waals surface area (Å²) in [6.45, 7) is 4.47. The van der Waals surface area contributed by atoms with Gasteiger partial charge in [-0.05, 0) is 136 Å². The average molecular weight is 509 g/mol. The molecule has 36 heavy (non-hydrogen) atoms. The minimum atomic E-state index is 0.0503. The molecular weight excluding hydrogens is 459 g/mol. The summed E-state index contributed by atoms with van der Waals surface area (Å²) in [7, 11) is 0. The molecule has 3 fully saturated rings. The second-order valence-corrected chi connectivity index (χ2v) is 13.7. The van der Waals surface area contributed by atoms with E-state index in [-0.39, 0.29) is 5.82 Å². The van der Waals surface area contributed by atoms with Gasteiger partial charge in [-0.2, -0.15) is 0 Å². The van der Waals surface area contributed by atoms with Crippen molar-refractivity contribution in [3.05, 3.63) is 46.6 Å². The van der Waals surface area contributed by atoms with Crippen LogP contribution in [-0.2, 0) is 6.42 Å². The van der Waals surface area contributed by atoms with Gasteiger partial charge in [0.2, 0.25) is 0 Å². The molecule has 1 aromatic heterocycles. The van der Waals surface area contributed by atoms with Crippen molar-refractivity contribution in [3.63, 3.8) is 0 Å². The van der Waals surface area contributed by atoms with Crippen molar-refractivity contribution in [3.8, 4) is 0 Å². The first-order chi connectivity index (χ1) is 17.6. The summed E-state index contributed by atoms with van der Waals surface area (Å²) in [5.41, 5.74) is 0.895. The highest BCUT2D eigenvalue weighted by molar-refractivity contribution is 7.19. The van der Waals surface area contributed by atoms with Crippen LogP contribution in [0.5, 0.6) is 0 Å². The van der Waals surface area contributed by atoms with Crippen molar-refractivity contribution in [1.29, 1.82) is 0 Å². The zero-order valence-corrected chi connectivity index (χ0v) is 23.8. The van der Waals surface area contributed by atoms with Crippen molar-refractivity contribution in [2.75, 3.05) is 0 Å². The Bertz CT molecular complexity index is 978. The summed E-state index contributed by atoms with van der Waals surface area (Å²) < 4.78 is 15.9. The molecule has 2 aromatic rings. The van der Waals surface area contributed by atoms with E-state index in [9.17, 15) is 4.39 Å². The SMILES string of the molecule is CCCc1ccc2cc(C3CCC(C4CCC(/C=C/C5CCC(CCC)CC5)CC4)CC3)sc2c1F. The highest BCUT2D eigenvalue weighted by Gasteiger charge is 2.31. The van der Waals surface area contributed by atoms with E-state index in [0.717, 1.165) is 58.1 Å². The summed E-state index contributed by atoms with van der Waals surface area (Å²) in [6, 6.07) is 6.47. The van der Waals surface area contributed by atoms with Gasteiger partial charge in [0.25, 0.3) is 0 Å². The fraction of sp³-hybridized carbons (Fsp3) is 0.706. The average Bonchev–Trinajstić information content (AvgIpc) is 3.36. The molecule has 0 saturated heterocycles. The molecule has 1 heterocycles. The van der Waals surface area contributed by atoms with Crippen LogP contribution >= 0.6 is 11.3 Å². The third kappa shape index (κ3) is 6.28. The number of hydrogen-bond donors (Lipinski definition) is 0. The van der Waals surface area contributed by atoms with Gasteiger partial charge in [0.05, 0.1) is 4.70 Å². The Labute approximate surface area is 224 Å². The molecule has 0 amide bonds. The molecule has 198 valence electrons. The molecule has 0 spiro atoms. The van der Waals surface area contributed by atoms with E-state index in [1.165, 1.54) is 94.8 Å². The van der Waals surface area contributed by atoms with E-state index in [2.05, 4.69) is 38.1 Å². The highest BCUT2D eigenvalue weighted by atomic mass is 32.1. The Morgan fingerprint density at radius 1 is 0.778 bits per heavy atom. The minimum Gasteiger partial charge on any atom is -0.205 e. The molecule has 3 aliphatic carbocycles. The molecule has 2 heteroatoms. The minimum absolute atomic E-state index is 0.0503. The molecule has 5 rings (SSSR count). The maximum Gasteiger partial charge on any atom is 0.144 e. The highest BCUT2D eigenvalue weighted by Crippen LogP contribution is 2.46. The van der Waals surface area contributed by atoms with E-state index in [0.29, 0.717) is 5.92 Å². The molecule has 0 radical (unpaired) electrons. The van der Waals surface area contributed by atoms with Crippen molar-refractivity contribution in [2.45, 2.75) is 122 Å². The molecule has 0 N–H and O–H groups in total. The van der Waals surface area contributed by atoms with Crippen molar-refractivity contribution in [1.82, 2.24) is 0 Å². The van der Waals surface area contributed by atoms with E-state index >= 15 is 0 Å². The van der Waals surface area contributed by atoms with Gasteiger partial charge in [-0.25, -0.2) is 4.39 Å². The number of halogens is 1. The lowest BCUT2D eigenvalue weighted by Gasteiger charge is -2.37. The van der Waals surface area contributed by atoms with Crippen LogP contribution in [0.15, 0.2) is 30.4 Å². The first-order valence-corrected chi connectivity index (χ1v) is 16.3. The molecule has 0 bridgehead atoms. The first kappa shape index (κ1) is 26.5. The number of aryl methyl sites for hydroxylation is 1. The van der Waals surface area contributed by atoms with Gasteiger partial charge in [-0.3, -0.25) is 0 Å². The Kier molecular flexibility index (Phi) is 9.26. The van der Waals surface area contributed by atoms with Crippen LogP contribution in [0, 0.1) is 35.4 Å². The smallest absolute Gasteiger partial charge is 0.144 e. The fourth-order valence-corrected chi connectivity index (χ4v) is 9.16. The summed E-state index contributed by atoms with van der Waals surface area (Å²) in [4.78, 5) is 1.44. The molecule has 0 unspecified atom stereocenters. The maximum absolute atomic E-state index is 15.0. The summed E-state index contributed by atoms with van der Waals surface area (Å²) in [5.74, 6) is 5.32. The van der Waals surface area contributed by atoms with Gasteiger partial charge >= 0.3 is 0 Å². The Morgan fingerprint density at radius 2 is 1.39 bits per heavy atom. The predicted molar refractivity (Wildman–Crippen MR) is 155 cm³/mol. The lowest BCUT2D eigenvalue weighted by molar-refractivity contribution is 0.172.